The second kappa shape index (κ2) is 6.47. The SMILES string of the molecule is CCCCc1ccc2c(c1CCCC)[CH]c1ccccc1-2. The van der Waals surface area contributed by atoms with Crippen molar-refractivity contribution in [2.24, 2.45) is 0 Å². The molecule has 3 rings (SSSR count). The summed E-state index contributed by atoms with van der Waals surface area (Å²) in [6.45, 7) is 4.56. The molecule has 2 aromatic rings. The first-order valence-corrected chi connectivity index (χ1v) is 8.44. The summed E-state index contributed by atoms with van der Waals surface area (Å²) in [6, 6.07) is 13.5. The van der Waals surface area contributed by atoms with Gasteiger partial charge in [0.15, 0.2) is 0 Å². The molecule has 0 saturated heterocycles. The van der Waals surface area contributed by atoms with E-state index < -0.39 is 0 Å². The number of fused-ring (bicyclic) bond motifs is 3. The van der Waals surface area contributed by atoms with Crippen molar-refractivity contribution in [1.29, 1.82) is 0 Å². The lowest BCUT2D eigenvalue weighted by Crippen LogP contribution is -2.00. The fraction of sp³-hybridized carbons (Fsp3) is 0.381. The summed E-state index contributed by atoms with van der Waals surface area (Å²) < 4.78 is 0. The van der Waals surface area contributed by atoms with Gasteiger partial charge < -0.3 is 0 Å². The van der Waals surface area contributed by atoms with Crippen LogP contribution in [0, 0.1) is 6.42 Å². The fourth-order valence-electron chi connectivity index (χ4n) is 3.38. The normalized spacial score (nSPS) is 12.3. The zero-order valence-corrected chi connectivity index (χ0v) is 13.3. The Hall–Kier alpha value is -1.56. The van der Waals surface area contributed by atoms with Crippen LogP contribution in [0.15, 0.2) is 36.4 Å². The molecular formula is C21H25. The Morgan fingerprint density at radius 2 is 1.52 bits per heavy atom. The molecular weight excluding hydrogens is 252 g/mol. The largest absolute Gasteiger partial charge is 0.0654 e. The van der Waals surface area contributed by atoms with Crippen LogP contribution in [0.2, 0.25) is 0 Å². The van der Waals surface area contributed by atoms with Crippen LogP contribution in [0.1, 0.15) is 61.8 Å². The van der Waals surface area contributed by atoms with Gasteiger partial charge in [-0.3, -0.25) is 0 Å². The van der Waals surface area contributed by atoms with Crippen LogP contribution < -0.4 is 0 Å². The van der Waals surface area contributed by atoms with E-state index in [2.05, 4.69) is 56.7 Å². The lowest BCUT2D eigenvalue weighted by atomic mass is 9.90. The highest BCUT2D eigenvalue weighted by Crippen LogP contribution is 2.41. The minimum absolute atomic E-state index is 1.23. The summed E-state index contributed by atoms with van der Waals surface area (Å²) >= 11 is 0. The quantitative estimate of drug-likeness (QED) is 0.522. The van der Waals surface area contributed by atoms with Gasteiger partial charge in [-0.1, -0.05) is 63.1 Å². The average molecular weight is 277 g/mol. The molecule has 1 aliphatic rings. The molecule has 0 nitrogen and oxygen atoms in total. The summed E-state index contributed by atoms with van der Waals surface area (Å²) in [4.78, 5) is 0. The van der Waals surface area contributed by atoms with Gasteiger partial charge in [-0.2, -0.15) is 0 Å². The molecule has 0 saturated carbocycles. The van der Waals surface area contributed by atoms with Crippen LogP contribution in [0.4, 0.5) is 0 Å². The molecule has 0 fully saturated rings. The van der Waals surface area contributed by atoms with E-state index in [9.17, 15) is 0 Å². The molecule has 0 bridgehead atoms. The Bertz CT molecular complexity index is 622. The molecule has 0 aromatic heterocycles. The molecule has 0 spiro atoms. The van der Waals surface area contributed by atoms with Gasteiger partial charge in [0.25, 0.3) is 0 Å². The Morgan fingerprint density at radius 1 is 0.762 bits per heavy atom. The molecule has 0 N–H and O–H groups in total. The van der Waals surface area contributed by atoms with Crippen LogP contribution in [-0.4, -0.2) is 0 Å². The molecule has 109 valence electrons. The van der Waals surface area contributed by atoms with Crippen LogP contribution >= 0.6 is 0 Å². The first kappa shape index (κ1) is 14.4. The zero-order valence-electron chi connectivity index (χ0n) is 13.3. The Kier molecular flexibility index (Phi) is 4.43. The van der Waals surface area contributed by atoms with Crippen molar-refractivity contribution in [1.82, 2.24) is 0 Å². The van der Waals surface area contributed by atoms with E-state index in [1.807, 2.05) is 0 Å². The second-order valence-electron chi connectivity index (χ2n) is 6.10. The van der Waals surface area contributed by atoms with Crippen LogP contribution in [0.25, 0.3) is 11.1 Å². The number of aryl methyl sites for hydroxylation is 1. The predicted octanol–water partition coefficient (Wildman–Crippen LogP) is 5.95. The van der Waals surface area contributed by atoms with Gasteiger partial charge >= 0.3 is 0 Å². The summed E-state index contributed by atoms with van der Waals surface area (Å²) in [5.41, 5.74) is 8.92. The Morgan fingerprint density at radius 3 is 2.33 bits per heavy atom. The third-order valence-electron chi connectivity index (χ3n) is 4.58. The summed E-state index contributed by atoms with van der Waals surface area (Å²) in [5.74, 6) is 0. The molecule has 0 atom stereocenters. The van der Waals surface area contributed by atoms with Gasteiger partial charge in [0, 0.05) is 6.42 Å². The molecule has 0 heteroatoms. The molecule has 1 radical (unpaired) electrons. The van der Waals surface area contributed by atoms with Crippen LogP contribution in [-0.2, 0) is 12.8 Å². The van der Waals surface area contributed by atoms with Gasteiger partial charge in [-0.25, -0.2) is 0 Å². The van der Waals surface area contributed by atoms with Crippen molar-refractivity contribution in [3.05, 3.63) is 65.1 Å². The van der Waals surface area contributed by atoms with E-state index in [0.717, 1.165) is 0 Å². The van der Waals surface area contributed by atoms with Crippen LogP contribution in [0.3, 0.4) is 0 Å². The molecule has 0 heterocycles. The van der Waals surface area contributed by atoms with Crippen molar-refractivity contribution < 1.29 is 0 Å². The van der Waals surface area contributed by atoms with Crippen LogP contribution in [0.5, 0.6) is 0 Å². The van der Waals surface area contributed by atoms with E-state index in [-0.39, 0.29) is 0 Å². The van der Waals surface area contributed by atoms with E-state index in [0.29, 0.717) is 0 Å². The summed E-state index contributed by atoms with van der Waals surface area (Å²) in [5, 5.41) is 0. The topological polar surface area (TPSA) is 0 Å². The monoisotopic (exact) mass is 277 g/mol. The Balaban J connectivity index is 2.02. The van der Waals surface area contributed by atoms with E-state index in [1.165, 1.54) is 60.8 Å². The maximum absolute atomic E-state index is 2.41. The fourth-order valence-corrected chi connectivity index (χ4v) is 3.38. The number of hydrogen-bond donors (Lipinski definition) is 0. The average Bonchev–Trinajstić information content (AvgIpc) is 2.90. The first-order valence-electron chi connectivity index (χ1n) is 8.44. The lowest BCUT2D eigenvalue weighted by Gasteiger charge is -2.14. The van der Waals surface area contributed by atoms with E-state index in [1.54, 1.807) is 11.1 Å². The van der Waals surface area contributed by atoms with Crippen molar-refractivity contribution in [2.75, 3.05) is 0 Å². The van der Waals surface area contributed by atoms with Gasteiger partial charge in [0.05, 0.1) is 0 Å². The molecule has 21 heavy (non-hydrogen) atoms. The zero-order chi connectivity index (χ0) is 14.7. The number of benzene rings is 2. The van der Waals surface area contributed by atoms with Gasteiger partial charge in [0.1, 0.15) is 0 Å². The highest BCUT2D eigenvalue weighted by Gasteiger charge is 2.22. The Labute approximate surface area is 129 Å². The van der Waals surface area contributed by atoms with E-state index >= 15 is 0 Å². The highest BCUT2D eigenvalue weighted by atomic mass is 14.3. The standard InChI is InChI=1S/C21H25/c1-3-5-9-16-13-14-20-19-12-8-7-10-17(19)15-21(20)18(16)11-6-4-2/h7-8,10,12-15H,3-6,9,11H2,1-2H3. The maximum Gasteiger partial charge on any atom is 0.0214 e. The smallest absolute Gasteiger partial charge is 0.0214 e. The third kappa shape index (κ3) is 2.77. The minimum Gasteiger partial charge on any atom is -0.0654 e. The lowest BCUT2D eigenvalue weighted by molar-refractivity contribution is 0.756. The number of unbranched alkanes of at least 4 members (excludes halogenated alkanes) is 2. The first-order chi connectivity index (χ1) is 10.3. The van der Waals surface area contributed by atoms with Crippen molar-refractivity contribution >= 4 is 0 Å². The van der Waals surface area contributed by atoms with Crippen molar-refractivity contribution in [3.63, 3.8) is 0 Å². The van der Waals surface area contributed by atoms with Crippen molar-refractivity contribution in [3.8, 4) is 11.1 Å². The third-order valence-corrected chi connectivity index (χ3v) is 4.58. The summed E-state index contributed by atoms with van der Waals surface area (Å²) in [6.07, 6.45) is 9.99. The predicted molar refractivity (Wildman–Crippen MR) is 91.6 cm³/mol. The molecule has 1 aliphatic carbocycles. The van der Waals surface area contributed by atoms with Gasteiger partial charge in [0.2, 0.25) is 0 Å². The van der Waals surface area contributed by atoms with Gasteiger partial charge in [-0.05, 0) is 59.1 Å². The molecule has 0 unspecified atom stereocenters. The highest BCUT2D eigenvalue weighted by molar-refractivity contribution is 5.82. The number of rotatable bonds is 6. The van der Waals surface area contributed by atoms with E-state index in [4.69, 9.17) is 0 Å². The van der Waals surface area contributed by atoms with Gasteiger partial charge in [-0.15, -0.1) is 0 Å². The minimum atomic E-state index is 1.23. The molecule has 0 amide bonds. The maximum atomic E-state index is 2.41. The molecule has 2 aromatic carbocycles. The van der Waals surface area contributed by atoms with Crippen molar-refractivity contribution in [2.45, 2.75) is 52.4 Å². The summed E-state index contributed by atoms with van der Waals surface area (Å²) in [7, 11) is 0. The second-order valence-corrected chi connectivity index (χ2v) is 6.10. The number of hydrogen-bond acceptors (Lipinski definition) is 0. The molecule has 0 aliphatic heterocycles.